The van der Waals surface area contributed by atoms with Gasteiger partial charge in [-0.05, 0) is 19.4 Å². The SMILES string of the molecule is Cc1nc(CN2Cc3ccnn3[C@H](CCNS(C)(=O)=O)C2)cs1. The molecular formula is C14H21N5O2S2. The minimum atomic E-state index is -3.15. The summed E-state index contributed by atoms with van der Waals surface area (Å²) in [6.07, 6.45) is 3.71. The van der Waals surface area contributed by atoms with Crippen molar-refractivity contribution in [2.45, 2.75) is 32.5 Å². The van der Waals surface area contributed by atoms with E-state index in [9.17, 15) is 8.42 Å². The number of nitrogens with zero attached hydrogens (tertiary/aromatic N) is 4. The van der Waals surface area contributed by atoms with E-state index in [1.54, 1.807) is 11.3 Å². The first-order chi connectivity index (χ1) is 10.9. The third-order valence-corrected chi connectivity index (χ3v) is 5.40. The lowest BCUT2D eigenvalue weighted by Gasteiger charge is -2.33. The first-order valence-electron chi connectivity index (χ1n) is 7.51. The smallest absolute Gasteiger partial charge is 0.208 e. The van der Waals surface area contributed by atoms with E-state index in [-0.39, 0.29) is 6.04 Å². The number of aryl methyl sites for hydroxylation is 1. The summed E-state index contributed by atoms with van der Waals surface area (Å²) < 4.78 is 27.0. The second kappa shape index (κ2) is 6.68. The normalized spacial score (nSPS) is 19.0. The van der Waals surface area contributed by atoms with E-state index in [1.165, 1.54) is 6.26 Å². The van der Waals surface area contributed by atoms with Crippen molar-refractivity contribution in [1.29, 1.82) is 0 Å². The highest BCUT2D eigenvalue weighted by Gasteiger charge is 2.25. The average molecular weight is 355 g/mol. The van der Waals surface area contributed by atoms with Crippen molar-refractivity contribution >= 4 is 21.4 Å². The molecule has 9 heteroatoms. The van der Waals surface area contributed by atoms with E-state index in [0.717, 1.165) is 36.0 Å². The summed E-state index contributed by atoms with van der Waals surface area (Å²) in [5, 5.41) is 7.58. The van der Waals surface area contributed by atoms with E-state index in [0.29, 0.717) is 13.0 Å². The van der Waals surface area contributed by atoms with Gasteiger partial charge in [0.25, 0.3) is 0 Å². The Morgan fingerprint density at radius 1 is 1.48 bits per heavy atom. The molecule has 3 heterocycles. The van der Waals surface area contributed by atoms with Crippen LogP contribution >= 0.6 is 11.3 Å². The Morgan fingerprint density at radius 3 is 3.00 bits per heavy atom. The highest BCUT2D eigenvalue weighted by atomic mass is 32.2. The summed E-state index contributed by atoms with van der Waals surface area (Å²) >= 11 is 1.67. The first-order valence-corrected chi connectivity index (χ1v) is 10.3. The third kappa shape index (κ3) is 4.37. The maximum atomic E-state index is 11.2. The van der Waals surface area contributed by atoms with Gasteiger partial charge in [-0.15, -0.1) is 11.3 Å². The molecule has 0 saturated carbocycles. The van der Waals surface area contributed by atoms with Crippen molar-refractivity contribution < 1.29 is 8.42 Å². The summed E-state index contributed by atoms with van der Waals surface area (Å²) in [5.41, 5.74) is 2.25. The maximum Gasteiger partial charge on any atom is 0.208 e. The molecule has 0 aromatic carbocycles. The summed E-state index contributed by atoms with van der Waals surface area (Å²) in [5.74, 6) is 0. The van der Waals surface area contributed by atoms with Crippen LogP contribution in [0.3, 0.4) is 0 Å². The van der Waals surface area contributed by atoms with Crippen molar-refractivity contribution in [3.63, 3.8) is 0 Å². The van der Waals surface area contributed by atoms with Crippen molar-refractivity contribution in [2.75, 3.05) is 19.3 Å². The van der Waals surface area contributed by atoms with Crippen LogP contribution in [-0.2, 0) is 23.1 Å². The fourth-order valence-corrected chi connectivity index (χ4v) is 4.01. The predicted octanol–water partition coefficient (Wildman–Crippen LogP) is 1.14. The lowest BCUT2D eigenvalue weighted by molar-refractivity contribution is 0.160. The molecule has 1 N–H and O–H groups in total. The van der Waals surface area contributed by atoms with Gasteiger partial charge in [-0.25, -0.2) is 18.1 Å². The fourth-order valence-electron chi connectivity index (χ4n) is 2.92. The Kier molecular flexibility index (Phi) is 4.81. The van der Waals surface area contributed by atoms with Crippen LogP contribution in [0.15, 0.2) is 17.6 Å². The zero-order chi connectivity index (χ0) is 16.4. The topological polar surface area (TPSA) is 80.1 Å². The highest BCUT2D eigenvalue weighted by Crippen LogP contribution is 2.24. The van der Waals surface area contributed by atoms with Gasteiger partial charge in [0.05, 0.1) is 28.7 Å². The molecule has 3 rings (SSSR count). The Bertz CT molecular complexity index is 768. The summed E-state index contributed by atoms with van der Waals surface area (Å²) in [6.45, 7) is 4.93. The van der Waals surface area contributed by atoms with Gasteiger partial charge in [0.2, 0.25) is 10.0 Å². The Hall–Kier alpha value is -1.29. The quantitative estimate of drug-likeness (QED) is 0.841. The molecule has 23 heavy (non-hydrogen) atoms. The van der Waals surface area contributed by atoms with Crippen molar-refractivity contribution in [3.8, 4) is 0 Å². The fraction of sp³-hybridized carbons (Fsp3) is 0.571. The number of sulfonamides is 1. The predicted molar refractivity (Wildman–Crippen MR) is 89.7 cm³/mol. The van der Waals surface area contributed by atoms with Gasteiger partial charge in [0, 0.05) is 37.8 Å². The molecule has 0 amide bonds. The second-order valence-corrected chi connectivity index (χ2v) is 8.80. The number of rotatable bonds is 6. The largest absolute Gasteiger partial charge is 0.290 e. The van der Waals surface area contributed by atoms with E-state index in [2.05, 4.69) is 25.1 Å². The molecule has 0 saturated heterocycles. The van der Waals surface area contributed by atoms with Crippen LogP contribution in [-0.4, -0.2) is 47.4 Å². The molecule has 126 valence electrons. The molecule has 0 radical (unpaired) electrons. The van der Waals surface area contributed by atoms with Crippen LogP contribution in [0.1, 0.15) is 28.9 Å². The van der Waals surface area contributed by atoms with E-state index in [1.807, 2.05) is 23.9 Å². The molecule has 0 unspecified atom stereocenters. The van der Waals surface area contributed by atoms with Crippen LogP contribution in [0.5, 0.6) is 0 Å². The van der Waals surface area contributed by atoms with E-state index >= 15 is 0 Å². The lowest BCUT2D eigenvalue weighted by atomic mass is 10.1. The van der Waals surface area contributed by atoms with Crippen LogP contribution in [0.4, 0.5) is 0 Å². The number of nitrogens with one attached hydrogen (secondary N) is 1. The van der Waals surface area contributed by atoms with Crippen molar-refractivity contribution in [1.82, 2.24) is 24.4 Å². The van der Waals surface area contributed by atoms with Crippen LogP contribution < -0.4 is 4.72 Å². The lowest BCUT2D eigenvalue weighted by Crippen LogP contribution is -2.38. The molecule has 1 atom stereocenters. The maximum absolute atomic E-state index is 11.2. The van der Waals surface area contributed by atoms with Crippen molar-refractivity contribution in [2.24, 2.45) is 0 Å². The third-order valence-electron chi connectivity index (χ3n) is 3.85. The number of aromatic nitrogens is 3. The minimum Gasteiger partial charge on any atom is -0.290 e. The van der Waals surface area contributed by atoms with E-state index < -0.39 is 10.0 Å². The molecule has 1 aliphatic heterocycles. The molecule has 1 aliphatic rings. The van der Waals surface area contributed by atoms with Gasteiger partial charge in [-0.1, -0.05) is 0 Å². The molecule has 2 aromatic heterocycles. The number of hydrogen-bond acceptors (Lipinski definition) is 6. The van der Waals surface area contributed by atoms with Crippen LogP contribution in [0, 0.1) is 6.92 Å². The summed E-state index contributed by atoms with van der Waals surface area (Å²) in [7, 11) is -3.15. The Balaban J connectivity index is 1.67. The number of hydrogen-bond donors (Lipinski definition) is 1. The molecule has 0 aliphatic carbocycles. The molecule has 0 bridgehead atoms. The standard InChI is InChI=1S/C14H21N5O2S2/c1-11-17-12(10-22-11)7-18-8-13-3-5-15-19(13)14(9-18)4-6-16-23(2,20)21/h3,5,10,14,16H,4,6-9H2,1-2H3/t14-/m1/s1. The van der Waals surface area contributed by atoms with Gasteiger partial charge in [0.1, 0.15) is 0 Å². The van der Waals surface area contributed by atoms with Gasteiger partial charge in [-0.2, -0.15) is 5.10 Å². The molecule has 0 spiro atoms. The van der Waals surface area contributed by atoms with Crippen LogP contribution in [0.25, 0.3) is 0 Å². The Labute approximate surface area is 140 Å². The summed E-state index contributed by atoms with van der Waals surface area (Å²) in [4.78, 5) is 6.87. The molecule has 0 fully saturated rings. The Morgan fingerprint density at radius 2 is 2.30 bits per heavy atom. The van der Waals surface area contributed by atoms with Crippen molar-refractivity contribution in [3.05, 3.63) is 34.0 Å². The zero-order valence-corrected chi connectivity index (χ0v) is 14.9. The highest BCUT2D eigenvalue weighted by molar-refractivity contribution is 7.88. The first kappa shape index (κ1) is 16.6. The second-order valence-electron chi connectivity index (χ2n) is 5.90. The van der Waals surface area contributed by atoms with E-state index in [4.69, 9.17) is 0 Å². The molecule has 2 aromatic rings. The molecule has 7 nitrogen and oxygen atoms in total. The summed E-state index contributed by atoms with van der Waals surface area (Å²) in [6, 6.07) is 2.19. The van der Waals surface area contributed by atoms with Gasteiger partial charge < -0.3 is 0 Å². The van der Waals surface area contributed by atoms with Gasteiger partial charge in [-0.3, -0.25) is 9.58 Å². The molecular weight excluding hydrogens is 334 g/mol. The monoisotopic (exact) mass is 355 g/mol. The zero-order valence-electron chi connectivity index (χ0n) is 13.3. The number of thiazole rings is 1. The van der Waals surface area contributed by atoms with Gasteiger partial charge >= 0.3 is 0 Å². The minimum absolute atomic E-state index is 0.169. The van der Waals surface area contributed by atoms with Gasteiger partial charge in [0.15, 0.2) is 0 Å². The number of fused-ring (bicyclic) bond motifs is 1. The van der Waals surface area contributed by atoms with Crippen LogP contribution in [0.2, 0.25) is 0 Å². The average Bonchev–Trinajstić information content (AvgIpc) is 3.06.